The molecule has 2 rings (SSSR count). The third-order valence-electron chi connectivity index (χ3n) is 2.89. The van der Waals surface area contributed by atoms with Gasteiger partial charge in [0.1, 0.15) is 0 Å². The van der Waals surface area contributed by atoms with Gasteiger partial charge in [-0.3, -0.25) is 13.9 Å². The molecule has 0 amide bonds. The molecule has 6 heteroatoms. The minimum Gasteiger partial charge on any atom is -0.299 e. The van der Waals surface area contributed by atoms with Crippen molar-refractivity contribution in [1.29, 1.82) is 0 Å². The van der Waals surface area contributed by atoms with Crippen molar-refractivity contribution in [3.63, 3.8) is 0 Å². The van der Waals surface area contributed by atoms with Crippen LogP contribution >= 0.6 is 34.2 Å². The molecule has 0 radical (unpaired) electrons. The number of nitrogens with zero attached hydrogens (tertiary/aromatic N) is 2. The fraction of sp³-hybridized carbons (Fsp3) is 0.286. The van der Waals surface area contributed by atoms with Crippen LogP contribution in [-0.2, 0) is 13.1 Å². The van der Waals surface area contributed by atoms with Crippen LogP contribution in [0.15, 0.2) is 40.1 Å². The molecule has 0 spiro atoms. The van der Waals surface area contributed by atoms with Crippen molar-refractivity contribution in [3.05, 3.63) is 65.5 Å². The Morgan fingerprint density at radius 3 is 2.70 bits per heavy atom. The average molecular weight is 405 g/mol. The lowest BCUT2D eigenvalue weighted by Crippen LogP contribution is -2.41. The Balaban J connectivity index is 2.51. The molecule has 0 aliphatic heterocycles. The highest BCUT2D eigenvalue weighted by Gasteiger charge is 2.10. The Bertz CT molecular complexity index is 737. The lowest BCUT2D eigenvalue weighted by molar-refractivity contribution is 0.566. The minimum atomic E-state index is -0.280. The van der Waals surface area contributed by atoms with Crippen molar-refractivity contribution in [3.8, 4) is 0 Å². The summed E-state index contributed by atoms with van der Waals surface area (Å²) >= 11 is 7.89. The predicted molar refractivity (Wildman–Crippen MR) is 88.5 cm³/mol. The zero-order chi connectivity index (χ0) is 14.7. The van der Waals surface area contributed by atoms with Crippen LogP contribution in [0, 0.1) is 3.57 Å². The van der Waals surface area contributed by atoms with Gasteiger partial charge < -0.3 is 0 Å². The second-order valence-corrected chi connectivity index (χ2v) is 6.07. The summed E-state index contributed by atoms with van der Waals surface area (Å²) in [6.45, 7) is 2.83. The molecule has 0 N–H and O–H groups in total. The summed E-state index contributed by atoms with van der Waals surface area (Å²) in [6, 6.07) is 7.18. The first-order chi connectivity index (χ1) is 9.52. The van der Waals surface area contributed by atoms with E-state index in [0.717, 1.165) is 12.0 Å². The second kappa shape index (κ2) is 6.58. The summed E-state index contributed by atoms with van der Waals surface area (Å²) < 4.78 is 3.37. The maximum atomic E-state index is 12.3. The lowest BCUT2D eigenvalue weighted by atomic mass is 10.2. The standard InChI is InChI=1S/C14H14ClIN2O2/c1-2-6-17-9-12(16)13(19)18(14(17)20)8-10-4-3-5-11(15)7-10/h3-5,7,9H,2,6,8H2,1H3. The van der Waals surface area contributed by atoms with E-state index in [4.69, 9.17) is 11.6 Å². The van der Waals surface area contributed by atoms with E-state index in [1.54, 1.807) is 29.0 Å². The Morgan fingerprint density at radius 1 is 1.30 bits per heavy atom. The van der Waals surface area contributed by atoms with Gasteiger partial charge in [-0.1, -0.05) is 30.7 Å². The third kappa shape index (κ3) is 3.32. The summed E-state index contributed by atoms with van der Waals surface area (Å²) in [5.41, 5.74) is 0.293. The molecule has 1 heterocycles. The molecule has 20 heavy (non-hydrogen) atoms. The fourth-order valence-electron chi connectivity index (χ4n) is 1.98. The largest absolute Gasteiger partial charge is 0.331 e. The number of benzene rings is 1. The smallest absolute Gasteiger partial charge is 0.299 e. The molecule has 0 fully saturated rings. The average Bonchev–Trinajstić information content (AvgIpc) is 2.41. The summed E-state index contributed by atoms with van der Waals surface area (Å²) in [4.78, 5) is 24.5. The Kier molecular flexibility index (Phi) is 5.04. The van der Waals surface area contributed by atoms with E-state index in [2.05, 4.69) is 0 Å². The molecule has 0 atom stereocenters. The number of aryl methyl sites for hydroxylation is 1. The molecular formula is C14H14ClIN2O2. The summed E-state index contributed by atoms with van der Waals surface area (Å²) in [6.07, 6.45) is 2.45. The highest BCUT2D eigenvalue weighted by atomic mass is 127. The number of rotatable bonds is 4. The van der Waals surface area contributed by atoms with Crippen LogP contribution in [-0.4, -0.2) is 9.13 Å². The first kappa shape index (κ1) is 15.3. The third-order valence-corrected chi connectivity index (χ3v) is 3.86. The quantitative estimate of drug-likeness (QED) is 0.736. The summed E-state index contributed by atoms with van der Waals surface area (Å²) in [5.74, 6) is 0. The van der Waals surface area contributed by atoms with Gasteiger partial charge in [-0.15, -0.1) is 0 Å². The number of aromatic nitrogens is 2. The number of hydrogen-bond donors (Lipinski definition) is 0. The first-order valence-electron chi connectivity index (χ1n) is 6.27. The van der Waals surface area contributed by atoms with E-state index < -0.39 is 0 Å². The molecule has 0 aliphatic rings. The van der Waals surface area contributed by atoms with Gasteiger partial charge in [-0.2, -0.15) is 0 Å². The van der Waals surface area contributed by atoms with Crippen LogP contribution in [0.2, 0.25) is 5.02 Å². The van der Waals surface area contributed by atoms with Crippen molar-refractivity contribution in [2.24, 2.45) is 0 Å². The van der Waals surface area contributed by atoms with Crippen LogP contribution in [0.1, 0.15) is 18.9 Å². The molecule has 0 bridgehead atoms. The predicted octanol–water partition coefficient (Wildman–Crippen LogP) is 2.73. The maximum absolute atomic E-state index is 12.3. The lowest BCUT2D eigenvalue weighted by Gasteiger charge is -2.10. The topological polar surface area (TPSA) is 44.0 Å². The van der Waals surface area contributed by atoms with Gasteiger partial charge in [-0.25, -0.2) is 4.79 Å². The van der Waals surface area contributed by atoms with Crippen molar-refractivity contribution >= 4 is 34.2 Å². The zero-order valence-corrected chi connectivity index (χ0v) is 13.9. The monoisotopic (exact) mass is 404 g/mol. The normalized spacial score (nSPS) is 10.8. The van der Waals surface area contributed by atoms with Crippen LogP contribution in [0.4, 0.5) is 0 Å². The van der Waals surface area contributed by atoms with E-state index >= 15 is 0 Å². The molecular weight excluding hydrogens is 391 g/mol. The minimum absolute atomic E-state index is 0.235. The first-order valence-corrected chi connectivity index (χ1v) is 7.73. The molecule has 1 aromatic carbocycles. The van der Waals surface area contributed by atoms with Crippen molar-refractivity contribution in [2.75, 3.05) is 0 Å². The van der Waals surface area contributed by atoms with Crippen molar-refractivity contribution < 1.29 is 0 Å². The maximum Gasteiger partial charge on any atom is 0.331 e. The fourth-order valence-corrected chi connectivity index (χ4v) is 2.82. The number of halogens is 2. The second-order valence-electron chi connectivity index (χ2n) is 4.47. The molecule has 0 saturated heterocycles. The van der Waals surface area contributed by atoms with E-state index in [0.29, 0.717) is 15.1 Å². The van der Waals surface area contributed by atoms with Gasteiger partial charge in [0.05, 0.1) is 10.1 Å². The van der Waals surface area contributed by atoms with Crippen LogP contribution in [0.5, 0.6) is 0 Å². The van der Waals surface area contributed by atoms with E-state index in [1.165, 1.54) is 4.57 Å². The molecule has 0 unspecified atom stereocenters. The number of hydrogen-bond acceptors (Lipinski definition) is 2. The van der Waals surface area contributed by atoms with Crippen LogP contribution < -0.4 is 11.2 Å². The Labute approximate surface area is 135 Å². The van der Waals surface area contributed by atoms with Gasteiger partial charge in [-0.05, 0) is 46.7 Å². The molecule has 1 aromatic heterocycles. The molecule has 2 aromatic rings. The molecule has 0 aliphatic carbocycles. The van der Waals surface area contributed by atoms with Gasteiger partial charge in [0.15, 0.2) is 0 Å². The van der Waals surface area contributed by atoms with Crippen molar-refractivity contribution in [2.45, 2.75) is 26.4 Å². The van der Waals surface area contributed by atoms with E-state index in [-0.39, 0.29) is 17.8 Å². The van der Waals surface area contributed by atoms with E-state index in [1.807, 2.05) is 35.6 Å². The van der Waals surface area contributed by atoms with Gasteiger partial charge in [0, 0.05) is 17.8 Å². The van der Waals surface area contributed by atoms with Crippen LogP contribution in [0.3, 0.4) is 0 Å². The van der Waals surface area contributed by atoms with Gasteiger partial charge >= 0.3 is 5.69 Å². The Hall–Kier alpha value is -1.08. The van der Waals surface area contributed by atoms with Gasteiger partial charge in [0.25, 0.3) is 5.56 Å². The zero-order valence-electron chi connectivity index (χ0n) is 11.0. The molecule has 106 valence electrons. The van der Waals surface area contributed by atoms with Gasteiger partial charge in [0.2, 0.25) is 0 Å². The molecule has 0 saturated carbocycles. The summed E-state index contributed by atoms with van der Waals surface area (Å²) in [5, 5.41) is 0.593. The highest BCUT2D eigenvalue weighted by Crippen LogP contribution is 2.11. The highest BCUT2D eigenvalue weighted by molar-refractivity contribution is 14.1. The van der Waals surface area contributed by atoms with Crippen LogP contribution in [0.25, 0.3) is 0 Å². The van der Waals surface area contributed by atoms with Crippen molar-refractivity contribution in [1.82, 2.24) is 9.13 Å². The SMILES string of the molecule is CCCn1cc(I)c(=O)n(Cc2cccc(Cl)c2)c1=O. The summed E-state index contributed by atoms with van der Waals surface area (Å²) in [7, 11) is 0. The van der Waals surface area contributed by atoms with E-state index in [9.17, 15) is 9.59 Å². The molecule has 4 nitrogen and oxygen atoms in total. The Morgan fingerprint density at radius 2 is 2.05 bits per heavy atom.